The molecule has 1 aliphatic carbocycles. The summed E-state index contributed by atoms with van der Waals surface area (Å²) in [5, 5.41) is 18.9. The first-order chi connectivity index (χ1) is 12.5. The molecule has 0 spiro atoms. The summed E-state index contributed by atoms with van der Waals surface area (Å²) in [5.74, 6) is 4.06. The molecule has 4 heteroatoms. The zero-order valence-electron chi connectivity index (χ0n) is 13.8. The normalized spacial score (nSPS) is 18.0. The van der Waals surface area contributed by atoms with Gasteiger partial charge in [0.15, 0.2) is 0 Å². The van der Waals surface area contributed by atoms with Gasteiger partial charge in [-0.05, 0) is 42.3 Å². The first-order valence-electron chi connectivity index (χ1n) is 8.05. The average Bonchev–Trinajstić information content (AvgIpc) is 2.67. The van der Waals surface area contributed by atoms with Crippen LogP contribution in [0.25, 0.3) is 0 Å². The molecule has 3 rings (SSSR count). The lowest BCUT2D eigenvalue weighted by Crippen LogP contribution is -2.26. The van der Waals surface area contributed by atoms with Gasteiger partial charge in [0.1, 0.15) is 0 Å². The molecule has 0 aliphatic heterocycles. The second kappa shape index (κ2) is 7.12. The van der Waals surface area contributed by atoms with E-state index in [2.05, 4.69) is 11.8 Å². The molecule has 1 aliphatic rings. The molecular weight excluding hydrogens is 328 g/mol. The zero-order valence-corrected chi connectivity index (χ0v) is 13.8. The topological polar surface area (TPSA) is 74.6 Å². The third-order valence-electron chi connectivity index (χ3n) is 4.25. The van der Waals surface area contributed by atoms with Crippen LogP contribution < -0.4 is 0 Å². The molecule has 128 valence electrons. The van der Waals surface area contributed by atoms with E-state index in [4.69, 9.17) is 0 Å². The lowest BCUT2D eigenvalue weighted by molar-refractivity contribution is 0.0679. The van der Waals surface area contributed by atoms with Crippen molar-refractivity contribution in [2.24, 2.45) is 0 Å². The molecule has 0 bridgehead atoms. The van der Waals surface area contributed by atoms with Crippen LogP contribution in [0.1, 0.15) is 38.3 Å². The lowest BCUT2D eigenvalue weighted by Gasteiger charge is -2.28. The minimum absolute atomic E-state index is 0.0360. The lowest BCUT2D eigenvalue weighted by atomic mass is 9.73. The molecule has 1 unspecified atom stereocenters. The van der Waals surface area contributed by atoms with Crippen molar-refractivity contribution in [3.63, 3.8) is 0 Å². The van der Waals surface area contributed by atoms with Crippen molar-refractivity contribution in [3.05, 3.63) is 95.1 Å². The van der Waals surface area contributed by atoms with Crippen LogP contribution in [0.5, 0.6) is 0 Å². The average molecular weight is 344 g/mol. The Morgan fingerprint density at radius 2 is 1.73 bits per heavy atom. The first kappa shape index (κ1) is 17.2. The zero-order chi connectivity index (χ0) is 18.6. The highest BCUT2D eigenvalue weighted by Crippen LogP contribution is 2.35. The van der Waals surface area contributed by atoms with Gasteiger partial charge in [-0.2, -0.15) is 0 Å². The Hall–Kier alpha value is -3.58. The van der Waals surface area contributed by atoms with Crippen molar-refractivity contribution in [1.82, 2.24) is 0 Å². The summed E-state index contributed by atoms with van der Waals surface area (Å²) >= 11 is 0. The van der Waals surface area contributed by atoms with E-state index in [1.165, 1.54) is 18.2 Å². The van der Waals surface area contributed by atoms with E-state index in [0.29, 0.717) is 12.0 Å². The predicted molar refractivity (Wildman–Crippen MR) is 98.3 cm³/mol. The van der Waals surface area contributed by atoms with Crippen LogP contribution in [0.3, 0.4) is 0 Å². The molecule has 0 saturated carbocycles. The van der Waals surface area contributed by atoms with E-state index in [9.17, 15) is 19.8 Å². The molecule has 2 N–H and O–H groups in total. The van der Waals surface area contributed by atoms with Crippen LogP contribution in [0, 0.1) is 11.8 Å². The monoisotopic (exact) mass is 344 g/mol. The van der Waals surface area contributed by atoms with Gasteiger partial charge in [0, 0.05) is 5.56 Å². The molecule has 0 heterocycles. The van der Waals surface area contributed by atoms with Crippen molar-refractivity contribution < 1.29 is 19.8 Å². The molecule has 0 radical (unpaired) electrons. The van der Waals surface area contributed by atoms with Crippen LogP contribution in [-0.4, -0.2) is 22.2 Å². The van der Waals surface area contributed by atoms with Gasteiger partial charge in [0.25, 0.3) is 0 Å². The van der Waals surface area contributed by atoms with E-state index >= 15 is 0 Å². The number of allylic oxidation sites excluding steroid dienone is 4. The highest BCUT2D eigenvalue weighted by atomic mass is 16.4. The van der Waals surface area contributed by atoms with Crippen molar-refractivity contribution in [2.45, 2.75) is 11.8 Å². The highest BCUT2D eigenvalue weighted by Gasteiger charge is 2.32. The fourth-order valence-corrected chi connectivity index (χ4v) is 2.92. The highest BCUT2D eigenvalue weighted by molar-refractivity contribution is 5.94. The van der Waals surface area contributed by atoms with Gasteiger partial charge in [-0.15, -0.1) is 0 Å². The second-order valence-electron chi connectivity index (χ2n) is 5.95. The number of carbonyl (C=O) groups is 2. The van der Waals surface area contributed by atoms with Gasteiger partial charge in [0.2, 0.25) is 0 Å². The number of carboxylic acid groups (broad SMARTS) is 2. The summed E-state index contributed by atoms with van der Waals surface area (Å²) in [6, 6.07) is 13.4. The van der Waals surface area contributed by atoms with Gasteiger partial charge in [0.05, 0.1) is 16.5 Å². The summed E-state index contributed by atoms with van der Waals surface area (Å²) in [6.45, 7) is 0. The summed E-state index contributed by atoms with van der Waals surface area (Å²) in [5.41, 5.74) is 0.380. The van der Waals surface area contributed by atoms with Gasteiger partial charge < -0.3 is 10.2 Å². The van der Waals surface area contributed by atoms with Crippen molar-refractivity contribution in [2.75, 3.05) is 0 Å². The molecule has 2 aromatic carbocycles. The van der Waals surface area contributed by atoms with Crippen molar-refractivity contribution >= 4 is 11.9 Å². The quantitative estimate of drug-likeness (QED) is 0.829. The summed E-state index contributed by atoms with van der Waals surface area (Å²) in [7, 11) is 0. The molecule has 0 fully saturated rings. The van der Waals surface area contributed by atoms with Crippen LogP contribution in [0.4, 0.5) is 0 Å². The largest absolute Gasteiger partial charge is 0.478 e. The number of aromatic carboxylic acids is 2. The summed E-state index contributed by atoms with van der Waals surface area (Å²) < 4.78 is 0. The Balaban J connectivity index is 2.21. The number of hydrogen-bond donors (Lipinski definition) is 2. The van der Waals surface area contributed by atoms with E-state index in [0.717, 1.165) is 5.56 Å². The number of carboxylic acids is 2. The van der Waals surface area contributed by atoms with Gasteiger partial charge >= 0.3 is 11.9 Å². The maximum absolute atomic E-state index is 11.7. The van der Waals surface area contributed by atoms with Gasteiger partial charge in [-0.25, -0.2) is 9.59 Å². The molecule has 2 aromatic rings. The fraction of sp³-hybridized carbons (Fsp3) is 0.0909. The summed E-state index contributed by atoms with van der Waals surface area (Å²) in [6.07, 6.45) is 7.87. The Labute approximate surface area is 151 Å². The maximum Gasteiger partial charge on any atom is 0.336 e. The summed E-state index contributed by atoms with van der Waals surface area (Å²) in [4.78, 5) is 23.1. The van der Waals surface area contributed by atoms with Gasteiger partial charge in [-0.3, -0.25) is 0 Å². The number of hydrogen-bond acceptors (Lipinski definition) is 2. The van der Waals surface area contributed by atoms with E-state index in [1.54, 1.807) is 0 Å². The number of rotatable bonds is 3. The van der Waals surface area contributed by atoms with Crippen molar-refractivity contribution in [3.8, 4) is 11.8 Å². The molecule has 0 amide bonds. The van der Waals surface area contributed by atoms with E-state index in [1.807, 2.05) is 54.6 Å². The van der Waals surface area contributed by atoms with E-state index < -0.39 is 17.4 Å². The van der Waals surface area contributed by atoms with Crippen LogP contribution in [0.15, 0.2) is 72.8 Å². The molecule has 4 nitrogen and oxygen atoms in total. The SMILES string of the molecule is O=C(O)c1ccc(C(=O)O)c(C2(C#Cc3ccccc3)C=CC=CC2)c1. The van der Waals surface area contributed by atoms with Crippen LogP contribution in [0.2, 0.25) is 0 Å². The predicted octanol–water partition coefficient (Wildman–Crippen LogP) is 3.89. The standard InChI is InChI=1S/C22H16O4/c23-20(24)17-9-10-18(21(25)26)19(15-17)22(12-5-2-6-13-22)14-11-16-7-3-1-4-8-16/h1-10,12,15H,13H2,(H,23,24)(H,25,26). The molecular formula is C22H16O4. The Morgan fingerprint density at radius 3 is 2.35 bits per heavy atom. The second-order valence-corrected chi connectivity index (χ2v) is 5.95. The first-order valence-corrected chi connectivity index (χ1v) is 8.05. The molecule has 1 atom stereocenters. The number of benzene rings is 2. The van der Waals surface area contributed by atoms with E-state index in [-0.39, 0.29) is 11.1 Å². The van der Waals surface area contributed by atoms with Crippen LogP contribution in [-0.2, 0) is 5.41 Å². The Kier molecular flexibility index (Phi) is 4.72. The molecule has 0 aromatic heterocycles. The minimum Gasteiger partial charge on any atom is -0.478 e. The Morgan fingerprint density at radius 1 is 0.962 bits per heavy atom. The third-order valence-corrected chi connectivity index (χ3v) is 4.25. The maximum atomic E-state index is 11.7. The Bertz CT molecular complexity index is 974. The fourth-order valence-electron chi connectivity index (χ4n) is 2.92. The molecule has 0 saturated heterocycles. The van der Waals surface area contributed by atoms with Gasteiger partial charge in [-0.1, -0.05) is 54.3 Å². The van der Waals surface area contributed by atoms with Crippen LogP contribution >= 0.6 is 0 Å². The molecule has 26 heavy (non-hydrogen) atoms. The van der Waals surface area contributed by atoms with Crippen molar-refractivity contribution in [1.29, 1.82) is 0 Å². The minimum atomic E-state index is -1.11. The smallest absolute Gasteiger partial charge is 0.336 e. The third kappa shape index (κ3) is 3.42.